The number of amides is 1. The molecule has 0 bridgehead atoms. The van der Waals surface area contributed by atoms with E-state index < -0.39 is 11.7 Å². The monoisotopic (exact) mass is 593 g/mol. The molecule has 1 unspecified atom stereocenters. The maximum Gasteiger partial charge on any atom is 0.416 e. The van der Waals surface area contributed by atoms with Gasteiger partial charge in [0.05, 0.1) is 18.6 Å². The van der Waals surface area contributed by atoms with E-state index in [0.717, 1.165) is 22.5 Å². The third-order valence-electron chi connectivity index (χ3n) is 7.53. The summed E-state index contributed by atoms with van der Waals surface area (Å²) in [7, 11) is 1.61. The summed E-state index contributed by atoms with van der Waals surface area (Å²) >= 11 is 3.71. The van der Waals surface area contributed by atoms with Crippen molar-refractivity contribution < 1.29 is 32.2 Å². The number of alkyl halides is 3. The van der Waals surface area contributed by atoms with Gasteiger partial charge in [-0.15, -0.1) is 0 Å². The van der Waals surface area contributed by atoms with Crippen molar-refractivity contribution in [2.75, 3.05) is 33.4 Å². The van der Waals surface area contributed by atoms with Crippen molar-refractivity contribution in [1.82, 2.24) is 4.90 Å². The SMILES string of the molecule is COCCCOC(=O)CC1CC2(CCN(C(=O)/C=C/c3ccccc3C(F)(F)F)CC2)c2c(Br)cccc21. The van der Waals surface area contributed by atoms with E-state index in [1.54, 1.807) is 12.0 Å². The van der Waals surface area contributed by atoms with Crippen LogP contribution >= 0.6 is 15.9 Å². The standard InChI is InChI=1S/C29H31BrF3NO4/c1-37-16-5-17-38-26(36)18-21-19-28(27-22(21)7-4-9-24(27)30)12-14-34(15-13-28)25(35)11-10-20-6-2-3-8-23(20)29(31,32)33/h2-4,6-11,21H,5,12-19H2,1H3/b11-10+. The fraction of sp³-hybridized carbons (Fsp3) is 0.448. The molecule has 2 aliphatic rings. The van der Waals surface area contributed by atoms with Gasteiger partial charge in [0.15, 0.2) is 0 Å². The Morgan fingerprint density at radius 1 is 1.11 bits per heavy atom. The van der Waals surface area contributed by atoms with Gasteiger partial charge in [-0.25, -0.2) is 0 Å². The quantitative estimate of drug-likeness (QED) is 0.199. The summed E-state index contributed by atoms with van der Waals surface area (Å²) in [5, 5.41) is 0. The molecule has 1 fully saturated rings. The topological polar surface area (TPSA) is 55.8 Å². The number of piperidine rings is 1. The molecule has 1 atom stereocenters. The van der Waals surface area contributed by atoms with E-state index in [-0.39, 0.29) is 28.8 Å². The number of likely N-dealkylation sites (tertiary alicyclic amines) is 1. The predicted octanol–water partition coefficient (Wildman–Crippen LogP) is 6.50. The van der Waals surface area contributed by atoms with Gasteiger partial charge in [0, 0.05) is 49.2 Å². The zero-order valence-corrected chi connectivity index (χ0v) is 22.8. The summed E-state index contributed by atoms with van der Waals surface area (Å²) in [5.41, 5.74) is 1.35. The number of ether oxygens (including phenoxy) is 2. The second-order valence-corrected chi connectivity index (χ2v) is 10.8. The summed E-state index contributed by atoms with van der Waals surface area (Å²) in [4.78, 5) is 27.1. The Hall–Kier alpha value is -2.65. The third kappa shape index (κ3) is 6.31. The van der Waals surface area contributed by atoms with E-state index in [4.69, 9.17) is 9.47 Å². The van der Waals surface area contributed by atoms with Crippen molar-refractivity contribution in [1.29, 1.82) is 0 Å². The number of hydrogen-bond acceptors (Lipinski definition) is 4. The summed E-state index contributed by atoms with van der Waals surface area (Å²) in [6.07, 6.45) is 1.13. The highest BCUT2D eigenvalue weighted by atomic mass is 79.9. The predicted molar refractivity (Wildman–Crippen MR) is 142 cm³/mol. The zero-order chi connectivity index (χ0) is 27.3. The van der Waals surface area contributed by atoms with Gasteiger partial charge in [0.1, 0.15) is 0 Å². The van der Waals surface area contributed by atoms with Crippen molar-refractivity contribution in [3.8, 4) is 0 Å². The summed E-state index contributed by atoms with van der Waals surface area (Å²) in [5.74, 6) is -0.511. The van der Waals surface area contributed by atoms with Crippen molar-refractivity contribution in [3.63, 3.8) is 0 Å². The minimum absolute atomic E-state index is 0.0263. The Morgan fingerprint density at radius 3 is 2.55 bits per heavy atom. The highest BCUT2D eigenvalue weighted by Gasteiger charge is 2.47. The molecule has 1 heterocycles. The van der Waals surface area contributed by atoms with E-state index in [0.29, 0.717) is 52.0 Å². The van der Waals surface area contributed by atoms with Crippen LogP contribution in [0.25, 0.3) is 6.08 Å². The van der Waals surface area contributed by atoms with Crippen LogP contribution in [0.5, 0.6) is 0 Å². The first-order valence-electron chi connectivity index (χ1n) is 12.7. The molecule has 0 radical (unpaired) electrons. The van der Waals surface area contributed by atoms with Gasteiger partial charge < -0.3 is 14.4 Å². The lowest BCUT2D eigenvalue weighted by molar-refractivity contribution is -0.144. The lowest BCUT2D eigenvalue weighted by Gasteiger charge is -2.40. The largest absolute Gasteiger partial charge is 0.466 e. The second-order valence-electron chi connectivity index (χ2n) is 9.90. The van der Waals surface area contributed by atoms with Crippen LogP contribution in [0.2, 0.25) is 0 Å². The Morgan fingerprint density at radius 2 is 1.84 bits per heavy atom. The van der Waals surface area contributed by atoms with Gasteiger partial charge in [-0.05, 0) is 60.1 Å². The van der Waals surface area contributed by atoms with Crippen molar-refractivity contribution >= 4 is 33.9 Å². The summed E-state index contributed by atoms with van der Waals surface area (Å²) in [6, 6.07) is 11.3. The van der Waals surface area contributed by atoms with Crippen LogP contribution in [0.4, 0.5) is 13.2 Å². The molecule has 1 aliphatic heterocycles. The fourth-order valence-corrected chi connectivity index (χ4v) is 6.53. The number of fused-ring (bicyclic) bond motifs is 2. The van der Waals surface area contributed by atoms with Crippen LogP contribution in [0.15, 0.2) is 53.0 Å². The van der Waals surface area contributed by atoms with Crippen LogP contribution in [0, 0.1) is 0 Å². The number of halogens is 4. The number of nitrogens with zero attached hydrogens (tertiary/aromatic N) is 1. The van der Waals surface area contributed by atoms with Gasteiger partial charge in [0.25, 0.3) is 0 Å². The van der Waals surface area contributed by atoms with E-state index in [1.165, 1.54) is 35.9 Å². The van der Waals surface area contributed by atoms with Crippen LogP contribution in [-0.2, 0) is 30.7 Å². The van der Waals surface area contributed by atoms with Crippen molar-refractivity contribution in [2.24, 2.45) is 0 Å². The molecule has 38 heavy (non-hydrogen) atoms. The Balaban J connectivity index is 1.43. The summed E-state index contributed by atoms with van der Waals surface area (Å²) < 4.78 is 51.3. The molecule has 9 heteroatoms. The number of benzene rings is 2. The van der Waals surface area contributed by atoms with Gasteiger partial charge >= 0.3 is 12.1 Å². The van der Waals surface area contributed by atoms with Crippen molar-refractivity contribution in [3.05, 3.63) is 75.3 Å². The highest BCUT2D eigenvalue weighted by molar-refractivity contribution is 9.10. The molecular weight excluding hydrogens is 563 g/mol. The lowest BCUT2D eigenvalue weighted by Crippen LogP contribution is -2.44. The van der Waals surface area contributed by atoms with E-state index in [1.807, 2.05) is 12.1 Å². The van der Waals surface area contributed by atoms with Crippen LogP contribution in [0.3, 0.4) is 0 Å². The minimum atomic E-state index is -4.49. The molecule has 1 saturated heterocycles. The summed E-state index contributed by atoms with van der Waals surface area (Å²) in [6.45, 7) is 1.83. The van der Waals surface area contributed by atoms with Crippen LogP contribution in [-0.4, -0.2) is 50.2 Å². The van der Waals surface area contributed by atoms with Gasteiger partial charge in [-0.1, -0.05) is 46.3 Å². The average Bonchev–Trinajstić information content (AvgIpc) is 3.18. The van der Waals surface area contributed by atoms with E-state index >= 15 is 0 Å². The number of hydrogen-bond donors (Lipinski definition) is 0. The molecule has 1 aliphatic carbocycles. The average molecular weight is 594 g/mol. The van der Waals surface area contributed by atoms with Crippen LogP contribution < -0.4 is 0 Å². The molecular formula is C29H31BrF3NO4. The molecule has 204 valence electrons. The van der Waals surface area contributed by atoms with E-state index in [9.17, 15) is 22.8 Å². The normalized spacial score (nSPS) is 18.7. The molecule has 4 rings (SSSR count). The number of methoxy groups -OCH3 is 1. The maximum absolute atomic E-state index is 13.3. The zero-order valence-electron chi connectivity index (χ0n) is 21.2. The third-order valence-corrected chi connectivity index (χ3v) is 8.19. The van der Waals surface area contributed by atoms with Gasteiger partial charge in [-0.2, -0.15) is 13.2 Å². The second kappa shape index (κ2) is 12.0. The molecule has 0 saturated carbocycles. The number of esters is 1. The maximum atomic E-state index is 13.3. The molecule has 2 aromatic carbocycles. The van der Waals surface area contributed by atoms with Gasteiger partial charge in [-0.3, -0.25) is 9.59 Å². The smallest absolute Gasteiger partial charge is 0.416 e. The Labute approximate surface area is 229 Å². The minimum Gasteiger partial charge on any atom is -0.466 e. The molecule has 0 N–H and O–H groups in total. The molecule has 1 spiro atoms. The van der Waals surface area contributed by atoms with Crippen molar-refractivity contribution in [2.45, 2.75) is 49.6 Å². The molecule has 5 nitrogen and oxygen atoms in total. The molecule has 1 amide bonds. The number of rotatable bonds is 8. The number of carbonyl (C=O) groups excluding carboxylic acids is 2. The molecule has 0 aromatic heterocycles. The lowest BCUT2D eigenvalue weighted by atomic mass is 9.73. The Kier molecular flexibility index (Phi) is 8.98. The number of carbonyl (C=O) groups is 2. The van der Waals surface area contributed by atoms with E-state index in [2.05, 4.69) is 22.0 Å². The first kappa shape index (κ1) is 28.4. The van der Waals surface area contributed by atoms with Gasteiger partial charge in [0.2, 0.25) is 5.91 Å². The highest BCUT2D eigenvalue weighted by Crippen LogP contribution is 2.55. The Bertz CT molecular complexity index is 1190. The fourth-order valence-electron chi connectivity index (χ4n) is 5.73. The first-order valence-corrected chi connectivity index (χ1v) is 13.5. The van der Waals surface area contributed by atoms with Crippen LogP contribution in [0.1, 0.15) is 60.3 Å². The molecule has 2 aromatic rings. The first-order chi connectivity index (χ1) is 18.1.